The molecule has 1 aliphatic rings. The minimum atomic E-state index is -0.563. The Morgan fingerprint density at radius 2 is 2.41 bits per heavy atom. The van der Waals surface area contributed by atoms with Gasteiger partial charge in [-0.2, -0.15) is 0 Å². The number of carbonyl (C=O) groups excluding carboxylic acids is 1. The molecule has 1 aromatic heterocycles. The zero-order valence-electron chi connectivity index (χ0n) is 12.0. The Balaban J connectivity index is 2.38. The van der Waals surface area contributed by atoms with Crippen LogP contribution in [0.2, 0.25) is 5.02 Å². The van der Waals surface area contributed by atoms with Crippen molar-refractivity contribution in [1.29, 1.82) is 0 Å². The number of methoxy groups -OCH3 is 1. The van der Waals surface area contributed by atoms with E-state index in [0.717, 1.165) is 0 Å². The molecular formula is C13H16ClN3O5. The Morgan fingerprint density at radius 3 is 3.09 bits per heavy atom. The van der Waals surface area contributed by atoms with Crippen molar-refractivity contribution in [2.45, 2.75) is 18.9 Å². The molecule has 22 heavy (non-hydrogen) atoms. The minimum absolute atomic E-state index is 0.115. The molecular weight excluding hydrogens is 314 g/mol. The molecule has 0 amide bonds. The van der Waals surface area contributed by atoms with Crippen molar-refractivity contribution in [3.63, 3.8) is 0 Å². The van der Waals surface area contributed by atoms with Crippen LogP contribution in [0.15, 0.2) is 12.3 Å². The van der Waals surface area contributed by atoms with Gasteiger partial charge in [0, 0.05) is 19.2 Å². The van der Waals surface area contributed by atoms with E-state index >= 15 is 0 Å². The lowest BCUT2D eigenvalue weighted by molar-refractivity contribution is -0.388. The van der Waals surface area contributed by atoms with Crippen LogP contribution < -0.4 is 4.90 Å². The fourth-order valence-electron chi connectivity index (χ4n) is 2.40. The second-order valence-corrected chi connectivity index (χ2v) is 5.22. The number of hydrogen-bond acceptors (Lipinski definition) is 7. The van der Waals surface area contributed by atoms with Crippen LogP contribution >= 0.6 is 11.6 Å². The third kappa shape index (κ3) is 3.83. The molecule has 8 nitrogen and oxygen atoms in total. The number of pyridine rings is 1. The number of rotatable bonds is 4. The maximum Gasteiger partial charge on any atom is 0.387 e. The fourth-order valence-corrected chi connectivity index (χ4v) is 2.55. The summed E-state index contributed by atoms with van der Waals surface area (Å²) in [5.41, 5.74) is 0.289. The van der Waals surface area contributed by atoms with E-state index in [1.54, 1.807) is 4.90 Å². The van der Waals surface area contributed by atoms with Crippen LogP contribution in [0, 0.1) is 10.1 Å². The average Bonchev–Trinajstić information content (AvgIpc) is 2.72. The number of aromatic nitrogens is 1. The number of halogens is 1. The van der Waals surface area contributed by atoms with E-state index in [9.17, 15) is 14.9 Å². The molecule has 2 heterocycles. The lowest BCUT2D eigenvalue weighted by atomic mass is 10.1. The highest BCUT2D eigenvalue weighted by Gasteiger charge is 2.30. The molecule has 0 aromatic carbocycles. The molecule has 2 rings (SSSR count). The standard InChI is InChI=1S/C13H16ClN3O5/c1-21-12(18)7-10-2-4-22-5-3-16(10)11-6-9(14)8-15-13(11)17(19)20/h6,8,10H,2-5,7H2,1H3. The summed E-state index contributed by atoms with van der Waals surface area (Å²) in [6.07, 6.45) is 1.90. The third-order valence-electron chi connectivity index (χ3n) is 3.44. The molecule has 0 bridgehead atoms. The molecule has 0 radical (unpaired) electrons. The molecule has 0 aliphatic carbocycles. The maximum absolute atomic E-state index is 11.6. The SMILES string of the molecule is COC(=O)CC1CCOCCN1c1cc(Cl)cnc1[N+](=O)[O-]. The number of esters is 1. The van der Waals surface area contributed by atoms with E-state index in [4.69, 9.17) is 21.1 Å². The van der Waals surface area contributed by atoms with Crippen LogP contribution in [-0.2, 0) is 14.3 Å². The summed E-state index contributed by atoms with van der Waals surface area (Å²) < 4.78 is 10.1. The van der Waals surface area contributed by atoms with Gasteiger partial charge >= 0.3 is 11.8 Å². The van der Waals surface area contributed by atoms with Gasteiger partial charge in [-0.25, -0.2) is 0 Å². The first-order valence-corrected chi connectivity index (χ1v) is 7.12. The van der Waals surface area contributed by atoms with E-state index in [-0.39, 0.29) is 29.9 Å². The van der Waals surface area contributed by atoms with Crippen molar-refractivity contribution in [3.05, 3.63) is 27.4 Å². The Morgan fingerprint density at radius 1 is 1.64 bits per heavy atom. The van der Waals surface area contributed by atoms with E-state index < -0.39 is 4.92 Å². The Hall–Kier alpha value is -1.93. The van der Waals surface area contributed by atoms with Crippen LogP contribution in [0.25, 0.3) is 0 Å². The van der Waals surface area contributed by atoms with E-state index in [0.29, 0.717) is 31.2 Å². The number of nitrogens with zero attached hydrogens (tertiary/aromatic N) is 3. The van der Waals surface area contributed by atoms with E-state index in [2.05, 4.69) is 4.98 Å². The molecule has 9 heteroatoms. The summed E-state index contributed by atoms with van der Waals surface area (Å²) in [6.45, 7) is 1.28. The summed E-state index contributed by atoms with van der Waals surface area (Å²) in [7, 11) is 1.31. The van der Waals surface area contributed by atoms with Crippen LogP contribution in [0.1, 0.15) is 12.8 Å². The third-order valence-corrected chi connectivity index (χ3v) is 3.65. The summed E-state index contributed by atoms with van der Waals surface area (Å²) in [6, 6.07) is 1.22. The highest BCUT2D eigenvalue weighted by molar-refractivity contribution is 6.30. The van der Waals surface area contributed by atoms with Crippen molar-refractivity contribution in [2.75, 3.05) is 31.8 Å². The van der Waals surface area contributed by atoms with Gasteiger partial charge in [-0.05, 0) is 22.4 Å². The zero-order valence-corrected chi connectivity index (χ0v) is 12.8. The van der Waals surface area contributed by atoms with Crippen LogP contribution in [0.4, 0.5) is 11.5 Å². The van der Waals surface area contributed by atoms with Gasteiger partial charge in [0.1, 0.15) is 5.69 Å². The van der Waals surface area contributed by atoms with Gasteiger partial charge in [-0.15, -0.1) is 0 Å². The molecule has 0 spiro atoms. The van der Waals surface area contributed by atoms with Crippen LogP contribution in [0.5, 0.6) is 0 Å². The number of nitro groups is 1. The van der Waals surface area contributed by atoms with Crippen LogP contribution in [0.3, 0.4) is 0 Å². The normalized spacial score (nSPS) is 18.6. The molecule has 120 valence electrons. The van der Waals surface area contributed by atoms with Gasteiger partial charge < -0.3 is 24.5 Å². The molecule has 1 atom stereocenters. The summed E-state index contributed by atoms with van der Waals surface area (Å²) >= 11 is 5.93. The van der Waals surface area contributed by atoms with E-state index in [1.165, 1.54) is 19.4 Å². The van der Waals surface area contributed by atoms with Gasteiger partial charge in [-0.1, -0.05) is 11.6 Å². The number of anilines is 1. The lowest BCUT2D eigenvalue weighted by Gasteiger charge is -2.30. The second-order valence-electron chi connectivity index (χ2n) is 4.78. The highest BCUT2D eigenvalue weighted by atomic mass is 35.5. The zero-order chi connectivity index (χ0) is 16.1. The predicted octanol–water partition coefficient (Wildman–Crippen LogP) is 1.80. The van der Waals surface area contributed by atoms with Crippen molar-refractivity contribution < 1.29 is 19.2 Å². The average molecular weight is 330 g/mol. The molecule has 0 N–H and O–H groups in total. The molecule has 1 aromatic rings. The summed E-state index contributed by atoms with van der Waals surface area (Å²) in [5.74, 6) is -0.671. The molecule has 1 unspecified atom stereocenters. The largest absolute Gasteiger partial charge is 0.469 e. The first kappa shape index (κ1) is 16.4. The predicted molar refractivity (Wildman–Crippen MR) is 79.1 cm³/mol. The first-order chi connectivity index (χ1) is 10.5. The maximum atomic E-state index is 11.6. The summed E-state index contributed by atoms with van der Waals surface area (Å²) in [5, 5.41) is 11.5. The smallest absolute Gasteiger partial charge is 0.387 e. The first-order valence-electron chi connectivity index (χ1n) is 6.74. The van der Waals surface area contributed by atoms with Crippen LogP contribution in [-0.4, -0.2) is 48.8 Å². The molecule has 1 aliphatic heterocycles. The minimum Gasteiger partial charge on any atom is -0.469 e. The highest BCUT2D eigenvalue weighted by Crippen LogP contribution is 2.32. The van der Waals surface area contributed by atoms with E-state index in [1.807, 2.05) is 0 Å². The Bertz CT molecular complexity index is 569. The molecule has 0 saturated carbocycles. The molecule has 1 saturated heterocycles. The number of carbonyl (C=O) groups is 1. The number of ether oxygens (including phenoxy) is 2. The quantitative estimate of drug-likeness (QED) is 0.472. The van der Waals surface area contributed by atoms with Gasteiger partial charge in [0.05, 0.1) is 25.2 Å². The topological polar surface area (TPSA) is 94.8 Å². The van der Waals surface area contributed by atoms with Crippen molar-refractivity contribution >= 4 is 29.1 Å². The lowest BCUT2D eigenvalue weighted by Crippen LogP contribution is -2.38. The number of hydrogen-bond donors (Lipinski definition) is 0. The van der Waals surface area contributed by atoms with Crippen molar-refractivity contribution in [1.82, 2.24) is 4.98 Å². The van der Waals surface area contributed by atoms with Gasteiger partial charge in [0.25, 0.3) is 0 Å². The van der Waals surface area contributed by atoms with Crippen molar-refractivity contribution in [3.8, 4) is 0 Å². The Labute approximate surface area is 132 Å². The fraction of sp³-hybridized carbons (Fsp3) is 0.538. The van der Waals surface area contributed by atoms with Gasteiger partial charge in [-0.3, -0.25) is 4.79 Å². The summed E-state index contributed by atoms with van der Waals surface area (Å²) in [4.78, 5) is 27.8. The van der Waals surface area contributed by atoms with Gasteiger partial charge in [0.15, 0.2) is 6.20 Å². The second kappa shape index (κ2) is 7.37. The molecule has 1 fully saturated rings. The van der Waals surface area contributed by atoms with Gasteiger partial charge in [0.2, 0.25) is 0 Å². The van der Waals surface area contributed by atoms with Crippen molar-refractivity contribution in [2.24, 2.45) is 0 Å². The Kier molecular flexibility index (Phi) is 5.51. The monoisotopic (exact) mass is 329 g/mol.